The Morgan fingerprint density at radius 2 is 2.10 bits per heavy atom. The van der Waals surface area contributed by atoms with Gasteiger partial charge in [-0.25, -0.2) is 4.98 Å². The van der Waals surface area contributed by atoms with Crippen LogP contribution in [0.1, 0.15) is 18.3 Å². The van der Waals surface area contributed by atoms with Crippen molar-refractivity contribution in [2.24, 2.45) is 0 Å². The molecule has 3 aromatic rings. The van der Waals surface area contributed by atoms with E-state index in [1.165, 1.54) is 0 Å². The molecule has 2 aromatic heterocycles. The topological polar surface area (TPSA) is 60.0 Å². The van der Waals surface area contributed by atoms with Gasteiger partial charge < -0.3 is 14.2 Å². The highest BCUT2D eigenvalue weighted by Gasteiger charge is 2.12. The van der Waals surface area contributed by atoms with Crippen molar-refractivity contribution in [1.82, 2.24) is 14.1 Å². The first-order valence-electron chi connectivity index (χ1n) is 6.97. The van der Waals surface area contributed by atoms with Crippen LogP contribution in [0.2, 0.25) is 0 Å². The molecule has 0 aliphatic heterocycles. The zero-order valence-electron chi connectivity index (χ0n) is 11.9. The Bertz CT molecular complexity index is 786. The lowest BCUT2D eigenvalue weighted by molar-refractivity contribution is -0.136. The van der Waals surface area contributed by atoms with E-state index in [2.05, 4.69) is 21.0 Å². The SMILES string of the molecule is CCn1ccnc1Cn1cc(CC(=O)O)c2ccccc21. The summed E-state index contributed by atoms with van der Waals surface area (Å²) in [6, 6.07) is 7.89. The average molecular weight is 283 g/mol. The summed E-state index contributed by atoms with van der Waals surface area (Å²) in [5.74, 6) is 0.160. The van der Waals surface area contributed by atoms with Gasteiger partial charge in [0.25, 0.3) is 0 Å². The van der Waals surface area contributed by atoms with Crippen LogP contribution in [0, 0.1) is 0 Å². The molecule has 3 rings (SSSR count). The molecule has 0 spiro atoms. The van der Waals surface area contributed by atoms with Gasteiger partial charge in [0.05, 0.1) is 13.0 Å². The Kier molecular flexibility index (Phi) is 3.48. The van der Waals surface area contributed by atoms with E-state index in [1.54, 1.807) is 6.20 Å². The first kappa shape index (κ1) is 13.4. The van der Waals surface area contributed by atoms with Crippen LogP contribution in [0.4, 0.5) is 0 Å². The second-order valence-electron chi connectivity index (χ2n) is 5.00. The minimum Gasteiger partial charge on any atom is -0.481 e. The lowest BCUT2D eigenvalue weighted by Crippen LogP contribution is -2.06. The number of carbonyl (C=O) groups is 1. The maximum absolute atomic E-state index is 11.0. The van der Waals surface area contributed by atoms with Crippen molar-refractivity contribution in [1.29, 1.82) is 0 Å². The van der Waals surface area contributed by atoms with Crippen molar-refractivity contribution in [2.75, 3.05) is 0 Å². The summed E-state index contributed by atoms with van der Waals surface area (Å²) in [6.45, 7) is 3.59. The third-order valence-electron chi connectivity index (χ3n) is 3.67. The quantitative estimate of drug-likeness (QED) is 0.782. The lowest BCUT2D eigenvalue weighted by Gasteiger charge is -2.07. The zero-order valence-corrected chi connectivity index (χ0v) is 11.9. The van der Waals surface area contributed by atoms with E-state index in [9.17, 15) is 4.79 Å². The number of aliphatic carboxylic acids is 1. The van der Waals surface area contributed by atoms with E-state index in [0.29, 0.717) is 6.54 Å². The van der Waals surface area contributed by atoms with Crippen molar-refractivity contribution >= 4 is 16.9 Å². The van der Waals surface area contributed by atoms with E-state index >= 15 is 0 Å². The van der Waals surface area contributed by atoms with Crippen molar-refractivity contribution in [3.05, 3.63) is 54.2 Å². The predicted molar refractivity (Wildman–Crippen MR) is 80.3 cm³/mol. The molecule has 108 valence electrons. The van der Waals surface area contributed by atoms with Gasteiger partial charge in [0.1, 0.15) is 5.82 Å². The van der Waals surface area contributed by atoms with E-state index in [-0.39, 0.29) is 6.42 Å². The summed E-state index contributed by atoms with van der Waals surface area (Å²) in [5.41, 5.74) is 1.88. The van der Waals surface area contributed by atoms with Crippen LogP contribution < -0.4 is 0 Å². The van der Waals surface area contributed by atoms with Crippen LogP contribution in [0.15, 0.2) is 42.9 Å². The molecule has 0 amide bonds. The molecule has 2 heterocycles. The fourth-order valence-corrected chi connectivity index (χ4v) is 2.69. The van der Waals surface area contributed by atoms with Crippen molar-refractivity contribution < 1.29 is 9.90 Å². The maximum atomic E-state index is 11.0. The van der Waals surface area contributed by atoms with Gasteiger partial charge in [0.15, 0.2) is 0 Å². The third-order valence-corrected chi connectivity index (χ3v) is 3.67. The number of carboxylic acid groups (broad SMARTS) is 1. The normalized spacial score (nSPS) is 11.1. The minimum absolute atomic E-state index is 0.0374. The Labute approximate surface area is 122 Å². The molecule has 0 unspecified atom stereocenters. The van der Waals surface area contributed by atoms with Crippen LogP contribution >= 0.6 is 0 Å². The second kappa shape index (κ2) is 5.44. The van der Waals surface area contributed by atoms with Crippen LogP contribution in [0.25, 0.3) is 10.9 Å². The predicted octanol–water partition coefficient (Wildman–Crippen LogP) is 2.53. The maximum Gasteiger partial charge on any atom is 0.307 e. The number of hydrogen-bond donors (Lipinski definition) is 1. The van der Waals surface area contributed by atoms with Crippen molar-refractivity contribution in [2.45, 2.75) is 26.4 Å². The summed E-state index contributed by atoms with van der Waals surface area (Å²) in [4.78, 5) is 15.4. The summed E-state index contributed by atoms with van der Waals surface area (Å²) in [5, 5.41) is 10.0. The molecule has 5 heteroatoms. The number of para-hydroxylation sites is 1. The van der Waals surface area contributed by atoms with Gasteiger partial charge in [-0.05, 0) is 18.6 Å². The second-order valence-corrected chi connectivity index (χ2v) is 5.00. The monoisotopic (exact) mass is 283 g/mol. The molecule has 0 aliphatic carbocycles. The fraction of sp³-hybridized carbons (Fsp3) is 0.250. The van der Waals surface area contributed by atoms with Crippen LogP contribution in [0.5, 0.6) is 0 Å². The molecule has 1 aromatic carbocycles. The molecule has 0 saturated heterocycles. The fourth-order valence-electron chi connectivity index (χ4n) is 2.69. The number of imidazole rings is 1. The summed E-state index contributed by atoms with van der Waals surface area (Å²) in [6.07, 6.45) is 5.71. The number of aromatic nitrogens is 3. The Morgan fingerprint density at radius 1 is 1.29 bits per heavy atom. The summed E-state index contributed by atoms with van der Waals surface area (Å²) >= 11 is 0. The highest BCUT2D eigenvalue weighted by Crippen LogP contribution is 2.22. The van der Waals surface area contributed by atoms with Crippen molar-refractivity contribution in [3.8, 4) is 0 Å². The van der Waals surface area contributed by atoms with Gasteiger partial charge in [-0.2, -0.15) is 0 Å². The molecular formula is C16H17N3O2. The van der Waals surface area contributed by atoms with Gasteiger partial charge in [0, 0.05) is 36.0 Å². The van der Waals surface area contributed by atoms with Gasteiger partial charge in [-0.1, -0.05) is 18.2 Å². The molecule has 5 nitrogen and oxygen atoms in total. The molecule has 0 fully saturated rings. The highest BCUT2D eigenvalue weighted by atomic mass is 16.4. The van der Waals surface area contributed by atoms with E-state index in [4.69, 9.17) is 5.11 Å². The zero-order chi connectivity index (χ0) is 14.8. The first-order valence-corrected chi connectivity index (χ1v) is 6.97. The number of benzene rings is 1. The molecule has 21 heavy (non-hydrogen) atoms. The van der Waals surface area contributed by atoms with Gasteiger partial charge in [-0.3, -0.25) is 4.79 Å². The molecule has 0 atom stereocenters. The number of fused-ring (bicyclic) bond motifs is 1. The number of rotatable bonds is 5. The van der Waals surface area contributed by atoms with Gasteiger partial charge in [-0.15, -0.1) is 0 Å². The van der Waals surface area contributed by atoms with Gasteiger partial charge in [0.2, 0.25) is 0 Å². The molecule has 0 saturated carbocycles. The smallest absolute Gasteiger partial charge is 0.307 e. The number of nitrogens with zero attached hydrogens (tertiary/aromatic N) is 3. The van der Waals surface area contributed by atoms with E-state index in [0.717, 1.165) is 28.8 Å². The summed E-state index contributed by atoms with van der Waals surface area (Å²) < 4.78 is 4.16. The first-order chi connectivity index (χ1) is 10.2. The van der Waals surface area contributed by atoms with Crippen LogP contribution in [-0.4, -0.2) is 25.2 Å². The van der Waals surface area contributed by atoms with Gasteiger partial charge >= 0.3 is 5.97 Å². The molecule has 1 N–H and O–H groups in total. The number of carboxylic acids is 1. The molecule has 0 bridgehead atoms. The largest absolute Gasteiger partial charge is 0.481 e. The Hall–Kier alpha value is -2.56. The average Bonchev–Trinajstić information content (AvgIpc) is 3.05. The standard InChI is InChI=1S/C16H17N3O2/c1-2-18-8-7-17-15(18)11-19-10-12(9-16(20)21)13-5-3-4-6-14(13)19/h3-8,10H,2,9,11H2,1H3,(H,20,21). The number of aryl methyl sites for hydroxylation is 1. The van der Waals surface area contributed by atoms with Crippen molar-refractivity contribution in [3.63, 3.8) is 0 Å². The van der Waals surface area contributed by atoms with Crippen LogP contribution in [-0.2, 0) is 24.3 Å². The molecule has 0 radical (unpaired) electrons. The highest BCUT2D eigenvalue weighted by molar-refractivity contribution is 5.87. The van der Waals surface area contributed by atoms with E-state index < -0.39 is 5.97 Å². The number of hydrogen-bond acceptors (Lipinski definition) is 2. The Morgan fingerprint density at radius 3 is 2.86 bits per heavy atom. The molecular weight excluding hydrogens is 266 g/mol. The third kappa shape index (κ3) is 2.54. The van der Waals surface area contributed by atoms with E-state index in [1.807, 2.05) is 36.7 Å². The minimum atomic E-state index is -0.812. The lowest BCUT2D eigenvalue weighted by atomic mass is 10.1. The van der Waals surface area contributed by atoms with Crippen LogP contribution in [0.3, 0.4) is 0 Å². The Balaban J connectivity index is 2.04. The molecule has 0 aliphatic rings. The summed E-state index contributed by atoms with van der Waals surface area (Å²) in [7, 11) is 0.